The molecule has 1 aromatic carbocycles. The molecule has 3 saturated carbocycles. The fourth-order valence-corrected chi connectivity index (χ4v) is 7.65. The number of aromatic amines is 1. The number of H-pyrrole nitrogens is 1. The molecular formula is C24H30N6O3S. The van der Waals surface area contributed by atoms with Crippen LogP contribution in [0.1, 0.15) is 67.6 Å². The molecule has 0 radical (unpaired) electrons. The van der Waals surface area contributed by atoms with E-state index in [1.54, 1.807) is 0 Å². The zero-order chi connectivity index (χ0) is 23.3. The summed E-state index contributed by atoms with van der Waals surface area (Å²) in [5.41, 5.74) is 0.574. The second kappa shape index (κ2) is 6.81. The Kier molecular flexibility index (Phi) is 4.18. The fourth-order valence-electron chi connectivity index (χ4n) is 5.92. The van der Waals surface area contributed by atoms with Crippen LogP contribution in [-0.4, -0.2) is 71.8 Å². The Bertz CT molecular complexity index is 1240. The molecule has 7 rings (SSSR count). The smallest absolute Gasteiger partial charge is 0.320 e. The van der Waals surface area contributed by atoms with Crippen LogP contribution in [0.2, 0.25) is 0 Å². The molecule has 10 heteroatoms. The van der Waals surface area contributed by atoms with Crippen LogP contribution in [0.3, 0.4) is 0 Å². The zero-order valence-electron chi connectivity index (χ0n) is 19.1. The van der Waals surface area contributed by atoms with Crippen molar-refractivity contribution in [1.29, 1.82) is 4.78 Å². The summed E-state index contributed by atoms with van der Waals surface area (Å²) in [7, 11) is -2.65. The molecule has 5 aliphatic rings. The Balaban J connectivity index is 0.893. The summed E-state index contributed by atoms with van der Waals surface area (Å²) in [6.45, 7) is 3.05. The first-order chi connectivity index (χ1) is 16.2. The summed E-state index contributed by atoms with van der Waals surface area (Å²) < 4.78 is 20.8. The lowest BCUT2D eigenvalue weighted by Gasteiger charge is -2.59. The standard InChI is InChI=1S/C24H30N6O3S/c25-34(33,19-5-6-19)18-3-1-15(2-4-18)17-11-29(12-17)22(31)30-13-23(14-30)9-16(10-23)20-26-21(28-27-20)24(32)7-8-24/h1-4,16-17,19,25,32H,5-14H2,(H,26,27,28). The Morgan fingerprint density at radius 2 is 1.76 bits per heavy atom. The molecular weight excluding hydrogens is 452 g/mol. The average molecular weight is 483 g/mol. The molecule has 34 heavy (non-hydrogen) atoms. The van der Waals surface area contributed by atoms with Gasteiger partial charge in [0.2, 0.25) is 0 Å². The number of nitrogens with zero attached hydrogens (tertiary/aromatic N) is 4. The minimum Gasteiger partial charge on any atom is -0.382 e. The molecule has 2 saturated heterocycles. The Morgan fingerprint density at radius 1 is 1.09 bits per heavy atom. The van der Waals surface area contributed by atoms with Gasteiger partial charge in [-0.2, -0.15) is 5.10 Å². The van der Waals surface area contributed by atoms with Gasteiger partial charge in [0.25, 0.3) is 0 Å². The summed E-state index contributed by atoms with van der Waals surface area (Å²) in [6.07, 6.45) is 5.30. The number of carbonyl (C=O) groups excluding carboxylic acids is 1. The van der Waals surface area contributed by atoms with Gasteiger partial charge in [-0.25, -0.2) is 18.8 Å². The van der Waals surface area contributed by atoms with Gasteiger partial charge < -0.3 is 14.9 Å². The molecule has 5 fully saturated rings. The topological polar surface area (TPSA) is 126 Å². The van der Waals surface area contributed by atoms with E-state index in [2.05, 4.69) is 15.2 Å². The number of aliphatic hydroxyl groups is 1. The Morgan fingerprint density at radius 3 is 2.38 bits per heavy atom. The Labute approximate surface area is 198 Å². The van der Waals surface area contributed by atoms with Crippen molar-refractivity contribution < 1.29 is 14.1 Å². The summed E-state index contributed by atoms with van der Waals surface area (Å²) in [5.74, 6) is 2.06. The maximum Gasteiger partial charge on any atom is 0.320 e. The summed E-state index contributed by atoms with van der Waals surface area (Å²) in [6, 6.07) is 7.80. The number of amides is 2. The van der Waals surface area contributed by atoms with Crippen molar-refractivity contribution in [2.24, 2.45) is 5.41 Å². The van der Waals surface area contributed by atoms with Gasteiger partial charge in [-0.05, 0) is 56.2 Å². The molecule has 1 atom stereocenters. The number of carbonyl (C=O) groups is 1. The van der Waals surface area contributed by atoms with Gasteiger partial charge in [0.1, 0.15) is 11.4 Å². The van der Waals surface area contributed by atoms with E-state index in [1.807, 2.05) is 34.1 Å². The van der Waals surface area contributed by atoms with Crippen LogP contribution in [0.25, 0.3) is 0 Å². The highest BCUT2D eigenvalue weighted by Crippen LogP contribution is 2.56. The van der Waals surface area contributed by atoms with Gasteiger partial charge in [0.15, 0.2) is 5.82 Å². The van der Waals surface area contributed by atoms with Crippen LogP contribution < -0.4 is 0 Å². The van der Waals surface area contributed by atoms with Crippen LogP contribution >= 0.6 is 0 Å². The molecule has 9 nitrogen and oxygen atoms in total. The second-order valence-corrected chi connectivity index (χ2v) is 13.6. The lowest BCUT2D eigenvalue weighted by molar-refractivity contribution is -0.0602. The number of hydrogen-bond donors (Lipinski definition) is 3. The predicted octanol–water partition coefficient (Wildman–Crippen LogP) is 2.75. The Hall–Kier alpha value is -2.46. The summed E-state index contributed by atoms with van der Waals surface area (Å²) >= 11 is 0. The zero-order valence-corrected chi connectivity index (χ0v) is 19.9. The van der Waals surface area contributed by atoms with Crippen LogP contribution in [0.5, 0.6) is 0 Å². The van der Waals surface area contributed by atoms with E-state index < -0.39 is 15.3 Å². The van der Waals surface area contributed by atoms with Gasteiger partial charge in [-0.3, -0.25) is 5.10 Å². The molecule has 180 valence electrons. The summed E-state index contributed by atoms with van der Waals surface area (Å²) in [5, 5.41) is 17.4. The lowest BCUT2D eigenvalue weighted by atomic mass is 9.57. The van der Waals surface area contributed by atoms with Gasteiger partial charge in [0, 0.05) is 53.6 Å². The van der Waals surface area contributed by atoms with Crippen LogP contribution in [0, 0.1) is 10.2 Å². The molecule has 3 N–H and O–H groups in total. The molecule has 1 unspecified atom stereocenters. The average Bonchev–Trinajstić information content (AvgIpc) is 3.65. The highest BCUT2D eigenvalue weighted by Gasteiger charge is 2.56. The third kappa shape index (κ3) is 3.21. The molecule has 2 amide bonds. The monoisotopic (exact) mass is 482 g/mol. The number of rotatable bonds is 5. The third-order valence-corrected chi connectivity index (χ3v) is 10.9. The highest BCUT2D eigenvalue weighted by molar-refractivity contribution is 7.93. The van der Waals surface area contributed by atoms with Gasteiger partial charge in [-0.15, -0.1) is 0 Å². The van der Waals surface area contributed by atoms with Crippen molar-refractivity contribution in [3.63, 3.8) is 0 Å². The number of benzene rings is 1. The molecule has 2 aromatic rings. The van der Waals surface area contributed by atoms with E-state index in [0.29, 0.717) is 35.6 Å². The molecule has 1 spiro atoms. The van der Waals surface area contributed by atoms with E-state index in [1.165, 1.54) is 0 Å². The van der Waals surface area contributed by atoms with Gasteiger partial charge in [0.05, 0.1) is 9.73 Å². The second-order valence-electron chi connectivity index (χ2n) is 11.3. The fraction of sp³-hybridized carbons (Fsp3) is 0.625. The van der Waals surface area contributed by atoms with Crippen molar-refractivity contribution in [3.8, 4) is 0 Å². The molecule has 2 aliphatic heterocycles. The van der Waals surface area contributed by atoms with Crippen LogP contribution in [0.4, 0.5) is 4.79 Å². The van der Waals surface area contributed by atoms with Crippen molar-refractivity contribution in [1.82, 2.24) is 25.0 Å². The number of urea groups is 1. The van der Waals surface area contributed by atoms with Crippen LogP contribution in [0.15, 0.2) is 29.2 Å². The van der Waals surface area contributed by atoms with E-state index in [-0.39, 0.29) is 16.7 Å². The minimum absolute atomic E-state index is 0.0320. The van der Waals surface area contributed by atoms with Crippen molar-refractivity contribution in [3.05, 3.63) is 41.5 Å². The third-order valence-electron chi connectivity index (χ3n) is 8.56. The van der Waals surface area contributed by atoms with E-state index in [4.69, 9.17) is 4.78 Å². The minimum atomic E-state index is -2.65. The highest BCUT2D eigenvalue weighted by atomic mass is 32.2. The number of likely N-dealkylation sites (tertiary alicyclic amines) is 2. The predicted molar refractivity (Wildman–Crippen MR) is 124 cm³/mol. The quantitative estimate of drug-likeness (QED) is 0.604. The maximum atomic E-state index is 12.9. The van der Waals surface area contributed by atoms with E-state index in [9.17, 15) is 14.1 Å². The number of nitrogens with one attached hydrogen (secondary N) is 2. The summed E-state index contributed by atoms with van der Waals surface area (Å²) in [4.78, 5) is 21.9. The van der Waals surface area contributed by atoms with Crippen molar-refractivity contribution >= 4 is 15.8 Å². The number of hydrogen-bond acceptors (Lipinski definition) is 6. The number of aromatic nitrogens is 3. The largest absolute Gasteiger partial charge is 0.382 e. The molecule has 3 aliphatic carbocycles. The van der Waals surface area contributed by atoms with Crippen molar-refractivity contribution in [2.75, 3.05) is 26.2 Å². The first-order valence-electron chi connectivity index (χ1n) is 12.3. The van der Waals surface area contributed by atoms with Gasteiger partial charge in [-0.1, -0.05) is 12.1 Å². The normalized spacial score (nSPS) is 27.0. The maximum absolute atomic E-state index is 12.9. The molecule has 3 heterocycles. The van der Waals surface area contributed by atoms with E-state index in [0.717, 1.165) is 63.0 Å². The lowest BCUT2D eigenvalue weighted by Crippen LogP contribution is -2.67. The van der Waals surface area contributed by atoms with Gasteiger partial charge >= 0.3 is 6.03 Å². The van der Waals surface area contributed by atoms with Crippen molar-refractivity contribution in [2.45, 2.75) is 66.1 Å². The van der Waals surface area contributed by atoms with E-state index >= 15 is 0 Å². The SMILES string of the molecule is N=S(=O)(c1ccc(C2CN(C(=O)N3CC4(CC(c5nc(C6(O)CC6)n[nH]5)C4)C3)C2)cc1)C1CC1. The molecule has 0 bridgehead atoms. The van der Waals surface area contributed by atoms with Crippen LogP contribution in [-0.2, 0) is 15.3 Å². The first kappa shape index (κ1) is 20.9. The molecule has 1 aromatic heterocycles. The first-order valence-corrected chi connectivity index (χ1v) is 13.9.